The molecule has 0 N–H and O–H groups in total. The number of Topliss-reactive ketones (excluding diaryl/α,β-unsaturated/α-hetero) is 1. The summed E-state index contributed by atoms with van der Waals surface area (Å²) in [5.74, 6) is -1.82. The first-order valence-electron chi connectivity index (χ1n) is 5.99. The van der Waals surface area contributed by atoms with Gasteiger partial charge in [-0.1, -0.05) is 19.8 Å². The molecule has 0 saturated carbocycles. The molecule has 0 unspecified atom stereocenters. The van der Waals surface area contributed by atoms with Crippen LogP contribution in [-0.2, 0) is 12.4 Å². The molecule has 0 aliphatic rings. The lowest BCUT2D eigenvalue weighted by molar-refractivity contribution is -0.168. The Morgan fingerprint density at radius 1 is 0.952 bits per heavy atom. The molecule has 0 aromatic carbocycles. The van der Waals surface area contributed by atoms with E-state index >= 15 is 0 Å². The molecule has 1 aromatic rings. The Hall–Kier alpha value is -1.74. The molecule has 0 bridgehead atoms. The Morgan fingerprint density at radius 2 is 1.52 bits per heavy atom. The topological polar surface area (TPSA) is 55.7 Å². The van der Waals surface area contributed by atoms with Gasteiger partial charge in [-0.05, 0) is 6.42 Å². The molecule has 0 spiro atoms. The van der Waals surface area contributed by atoms with E-state index in [2.05, 4.69) is 15.2 Å². The van der Waals surface area contributed by atoms with Crippen LogP contribution in [0.25, 0.3) is 0 Å². The fraction of sp³-hybridized carbons (Fsp3) is 0.636. The lowest BCUT2D eigenvalue weighted by Gasteiger charge is -2.13. The van der Waals surface area contributed by atoms with Gasteiger partial charge in [-0.3, -0.25) is 4.79 Å². The molecule has 1 aromatic heterocycles. The van der Waals surface area contributed by atoms with Gasteiger partial charge in [-0.2, -0.15) is 26.3 Å². The zero-order valence-corrected chi connectivity index (χ0v) is 10.8. The fourth-order valence-corrected chi connectivity index (χ4v) is 1.48. The Balaban J connectivity index is 3.14. The van der Waals surface area contributed by atoms with Crippen molar-refractivity contribution in [2.45, 2.75) is 45.0 Å². The van der Waals surface area contributed by atoms with Crippen LogP contribution in [0.15, 0.2) is 0 Å². The van der Waals surface area contributed by atoms with Crippen molar-refractivity contribution < 1.29 is 31.1 Å². The third-order valence-corrected chi connectivity index (χ3v) is 2.48. The molecular weight excluding hydrogens is 304 g/mol. The van der Waals surface area contributed by atoms with E-state index in [0.29, 0.717) is 12.8 Å². The highest BCUT2D eigenvalue weighted by Crippen LogP contribution is 2.37. The van der Waals surface area contributed by atoms with Gasteiger partial charge in [-0.25, -0.2) is 4.98 Å². The van der Waals surface area contributed by atoms with Crippen LogP contribution in [0.3, 0.4) is 0 Å². The maximum absolute atomic E-state index is 12.6. The molecule has 10 heteroatoms. The summed E-state index contributed by atoms with van der Waals surface area (Å²) in [5.41, 5.74) is -4.50. The van der Waals surface area contributed by atoms with Crippen molar-refractivity contribution in [3.05, 3.63) is 17.2 Å². The largest absolute Gasteiger partial charge is 0.437 e. The standard InChI is InChI=1S/C11H11F6N3O/c1-2-3-4-5-6(21)9-18-7(10(12,13)14)8(19-20-9)11(15,16)17/h2-5H2,1H3. The number of rotatable bonds is 5. The van der Waals surface area contributed by atoms with Gasteiger partial charge in [0.05, 0.1) is 0 Å². The molecule has 118 valence electrons. The number of hydrogen-bond donors (Lipinski definition) is 0. The predicted molar refractivity (Wildman–Crippen MR) is 58.3 cm³/mol. The predicted octanol–water partition coefficient (Wildman–Crippen LogP) is 3.67. The highest BCUT2D eigenvalue weighted by molar-refractivity contribution is 5.92. The molecule has 0 fully saturated rings. The zero-order valence-electron chi connectivity index (χ0n) is 10.8. The van der Waals surface area contributed by atoms with Crippen LogP contribution in [-0.4, -0.2) is 21.0 Å². The third-order valence-electron chi connectivity index (χ3n) is 2.48. The first kappa shape index (κ1) is 17.3. The molecule has 0 aliphatic heterocycles. The monoisotopic (exact) mass is 315 g/mol. The van der Waals surface area contributed by atoms with Crippen molar-refractivity contribution in [3.63, 3.8) is 0 Å². The molecule has 21 heavy (non-hydrogen) atoms. The Labute approximate surface area is 115 Å². The van der Waals surface area contributed by atoms with Crippen molar-refractivity contribution in [3.8, 4) is 0 Å². The lowest BCUT2D eigenvalue weighted by atomic mass is 10.1. The normalized spacial score (nSPS) is 12.5. The lowest BCUT2D eigenvalue weighted by Crippen LogP contribution is -2.24. The minimum Gasteiger partial charge on any atom is -0.291 e. The maximum atomic E-state index is 12.6. The molecule has 0 radical (unpaired) electrons. The SMILES string of the molecule is CCCCCC(=O)c1nnc(C(F)(F)F)c(C(F)(F)F)n1. The second kappa shape index (κ2) is 6.35. The van der Waals surface area contributed by atoms with Gasteiger partial charge in [-0.15, -0.1) is 10.2 Å². The van der Waals surface area contributed by atoms with Crippen molar-refractivity contribution >= 4 is 5.78 Å². The van der Waals surface area contributed by atoms with E-state index in [-0.39, 0.29) is 6.42 Å². The summed E-state index contributed by atoms with van der Waals surface area (Å²) in [6.07, 6.45) is -9.05. The number of aromatic nitrogens is 3. The summed E-state index contributed by atoms with van der Waals surface area (Å²) in [6.45, 7) is 1.85. The first-order chi connectivity index (χ1) is 9.57. The smallest absolute Gasteiger partial charge is 0.291 e. The van der Waals surface area contributed by atoms with Gasteiger partial charge in [0.25, 0.3) is 0 Å². The van der Waals surface area contributed by atoms with Crippen molar-refractivity contribution in [2.24, 2.45) is 0 Å². The molecule has 0 saturated heterocycles. The minimum absolute atomic E-state index is 0.141. The number of carbonyl (C=O) groups is 1. The number of carbonyl (C=O) groups excluding carboxylic acids is 1. The summed E-state index contributed by atoms with van der Waals surface area (Å²) in [7, 11) is 0. The van der Waals surface area contributed by atoms with Crippen molar-refractivity contribution in [1.82, 2.24) is 15.2 Å². The number of hydrogen-bond acceptors (Lipinski definition) is 4. The zero-order chi connectivity index (χ0) is 16.3. The van der Waals surface area contributed by atoms with Gasteiger partial charge < -0.3 is 0 Å². The maximum Gasteiger partial charge on any atom is 0.437 e. The quantitative estimate of drug-likeness (QED) is 0.472. The molecule has 1 heterocycles. The van der Waals surface area contributed by atoms with Gasteiger partial charge in [0.2, 0.25) is 11.6 Å². The Morgan fingerprint density at radius 3 is 2.00 bits per heavy atom. The van der Waals surface area contributed by atoms with E-state index in [1.165, 1.54) is 0 Å². The van der Waals surface area contributed by atoms with E-state index in [0.717, 1.165) is 6.42 Å². The number of unbranched alkanes of at least 4 members (excludes halogenated alkanes) is 2. The average molecular weight is 315 g/mol. The highest BCUT2D eigenvalue weighted by Gasteiger charge is 2.47. The van der Waals surface area contributed by atoms with Crippen LogP contribution in [0.1, 0.15) is 54.6 Å². The van der Waals surface area contributed by atoms with E-state index in [1.807, 2.05) is 6.92 Å². The first-order valence-corrected chi connectivity index (χ1v) is 5.99. The van der Waals surface area contributed by atoms with Gasteiger partial charge in [0.15, 0.2) is 11.4 Å². The average Bonchev–Trinajstić information content (AvgIpc) is 2.36. The van der Waals surface area contributed by atoms with Crippen LogP contribution < -0.4 is 0 Å². The molecule has 0 amide bonds. The van der Waals surface area contributed by atoms with Crippen molar-refractivity contribution in [2.75, 3.05) is 0 Å². The highest BCUT2D eigenvalue weighted by atomic mass is 19.4. The molecule has 1 rings (SSSR count). The Bertz CT molecular complexity index is 512. The van der Waals surface area contributed by atoms with E-state index < -0.39 is 35.3 Å². The summed E-state index contributed by atoms with van der Waals surface area (Å²) in [6, 6.07) is 0. The van der Waals surface area contributed by atoms with Crippen LogP contribution in [0, 0.1) is 0 Å². The summed E-state index contributed by atoms with van der Waals surface area (Å²) in [4.78, 5) is 14.3. The van der Waals surface area contributed by atoms with Crippen LogP contribution in [0.4, 0.5) is 26.3 Å². The summed E-state index contributed by atoms with van der Waals surface area (Å²) >= 11 is 0. The van der Waals surface area contributed by atoms with Crippen LogP contribution >= 0.6 is 0 Å². The number of ketones is 1. The van der Waals surface area contributed by atoms with Crippen LogP contribution in [0.2, 0.25) is 0 Å². The van der Waals surface area contributed by atoms with Crippen molar-refractivity contribution in [1.29, 1.82) is 0 Å². The number of nitrogens with zero attached hydrogens (tertiary/aromatic N) is 3. The van der Waals surface area contributed by atoms with Gasteiger partial charge in [0, 0.05) is 6.42 Å². The molecule has 0 aliphatic carbocycles. The second-order valence-corrected chi connectivity index (χ2v) is 4.21. The minimum atomic E-state index is -5.38. The van der Waals surface area contributed by atoms with E-state index in [9.17, 15) is 31.1 Å². The van der Waals surface area contributed by atoms with Gasteiger partial charge >= 0.3 is 12.4 Å². The number of alkyl halides is 6. The fourth-order valence-electron chi connectivity index (χ4n) is 1.48. The number of halogens is 6. The summed E-state index contributed by atoms with van der Waals surface area (Å²) < 4.78 is 75.1. The Kier molecular flexibility index (Phi) is 5.24. The summed E-state index contributed by atoms with van der Waals surface area (Å²) in [5, 5.41) is 5.35. The third kappa shape index (κ3) is 4.64. The second-order valence-electron chi connectivity index (χ2n) is 4.21. The van der Waals surface area contributed by atoms with E-state index in [4.69, 9.17) is 0 Å². The molecule has 4 nitrogen and oxygen atoms in total. The van der Waals surface area contributed by atoms with Gasteiger partial charge in [0.1, 0.15) is 0 Å². The molecular formula is C11H11F6N3O. The molecule has 0 atom stereocenters. The van der Waals surface area contributed by atoms with E-state index in [1.54, 1.807) is 0 Å². The van der Waals surface area contributed by atoms with Crippen LogP contribution in [0.5, 0.6) is 0 Å².